The molecule has 164 valence electrons. The number of amides is 3. The molecule has 3 aromatic rings. The van der Waals surface area contributed by atoms with Crippen molar-refractivity contribution in [2.24, 2.45) is 0 Å². The van der Waals surface area contributed by atoms with Gasteiger partial charge in [0, 0.05) is 30.9 Å². The first-order valence-corrected chi connectivity index (χ1v) is 10.3. The van der Waals surface area contributed by atoms with Gasteiger partial charge >= 0.3 is 6.03 Å². The number of nitrogens with one attached hydrogen (secondary N) is 3. The zero-order valence-electron chi connectivity index (χ0n) is 17.5. The van der Waals surface area contributed by atoms with E-state index in [2.05, 4.69) is 20.9 Å². The predicted molar refractivity (Wildman–Crippen MR) is 118 cm³/mol. The molecule has 7 nitrogen and oxygen atoms in total. The van der Waals surface area contributed by atoms with Gasteiger partial charge in [0.05, 0.1) is 6.04 Å². The lowest BCUT2D eigenvalue weighted by molar-refractivity contribution is -0.116. The first kappa shape index (κ1) is 21.3. The van der Waals surface area contributed by atoms with Crippen molar-refractivity contribution >= 4 is 17.6 Å². The van der Waals surface area contributed by atoms with Gasteiger partial charge in [-0.05, 0) is 54.3 Å². The minimum atomic E-state index is -0.476. The fraction of sp³-hybridized carbons (Fsp3) is 0.208. The summed E-state index contributed by atoms with van der Waals surface area (Å²) >= 11 is 0. The van der Waals surface area contributed by atoms with Gasteiger partial charge in [0.2, 0.25) is 11.8 Å². The Morgan fingerprint density at radius 3 is 2.88 bits per heavy atom. The molecule has 1 aliphatic rings. The number of para-hydroxylation sites is 1. The van der Waals surface area contributed by atoms with Gasteiger partial charge in [-0.15, -0.1) is 0 Å². The number of pyridine rings is 1. The van der Waals surface area contributed by atoms with Gasteiger partial charge < -0.3 is 20.7 Å². The molecule has 3 amide bonds. The number of benzene rings is 2. The molecule has 8 heteroatoms. The highest BCUT2D eigenvalue weighted by Gasteiger charge is 2.17. The Hall–Kier alpha value is -3.94. The van der Waals surface area contributed by atoms with Crippen LogP contribution in [0.2, 0.25) is 0 Å². The summed E-state index contributed by atoms with van der Waals surface area (Å²) in [5, 5.41) is 8.57. The number of aromatic nitrogens is 1. The van der Waals surface area contributed by atoms with Crippen LogP contribution in [0.25, 0.3) is 0 Å². The van der Waals surface area contributed by atoms with Crippen molar-refractivity contribution in [1.82, 2.24) is 15.6 Å². The monoisotopic (exact) mass is 434 g/mol. The molecule has 0 saturated heterocycles. The third-order valence-corrected chi connectivity index (χ3v) is 5.18. The number of ether oxygens (including phenoxy) is 1. The number of carbonyl (C=O) groups is 2. The lowest BCUT2D eigenvalue weighted by Crippen LogP contribution is -2.36. The third-order valence-electron chi connectivity index (χ3n) is 5.18. The average Bonchev–Trinajstić information content (AvgIpc) is 2.79. The van der Waals surface area contributed by atoms with Crippen LogP contribution in [0.1, 0.15) is 36.1 Å². The van der Waals surface area contributed by atoms with Crippen molar-refractivity contribution < 1.29 is 18.7 Å². The Labute approximate surface area is 185 Å². The number of aryl methyl sites for hydroxylation is 1. The van der Waals surface area contributed by atoms with E-state index in [-0.39, 0.29) is 36.2 Å². The van der Waals surface area contributed by atoms with E-state index in [1.807, 2.05) is 25.1 Å². The van der Waals surface area contributed by atoms with E-state index < -0.39 is 5.82 Å². The molecule has 32 heavy (non-hydrogen) atoms. The molecule has 0 radical (unpaired) electrons. The normalized spacial score (nSPS) is 13.5. The van der Waals surface area contributed by atoms with Crippen LogP contribution in [0.5, 0.6) is 11.6 Å². The summed E-state index contributed by atoms with van der Waals surface area (Å²) in [5.41, 5.74) is 3.61. The smallest absolute Gasteiger partial charge is 0.315 e. The van der Waals surface area contributed by atoms with Gasteiger partial charge in [0.15, 0.2) is 11.6 Å². The summed E-state index contributed by atoms with van der Waals surface area (Å²) in [5.74, 6) is -0.129. The molecule has 2 heterocycles. The highest BCUT2D eigenvalue weighted by atomic mass is 19.1. The van der Waals surface area contributed by atoms with Crippen LogP contribution in [0, 0.1) is 5.82 Å². The van der Waals surface area contributed by atoms with Crippen molar-refractivity contribution in [3.8, 4) is 11.6 Å². The largest absolute Gasteiger partial charge is 0.436 e. The van der Waals surface area contributed by atoms with Crippen molar-refractivity contribution in [3.05, 3.63) is 83.3 Å². The average molecular weight is 434 g/mol. The van der Waals surface area contributed by atoms with E-state index in [1.54, 1.807) is 30.5 Å². The molecule has 0 saturated carbocycles. The molecule has 4 rings (SSSR count). The van der Waals surface area contributed by atoms with Crippen LogP contribution in [0.3, 0.4) is 0 Å². The zero-order chi connectivity index (χ0) is 22.5. The summed E-state index contributed by atoms with van der Waals surface area (Å²) in [6.45, 7) is 2.15. The molecule has 2 aromatic carbocycles. The van der Waals surface area contributed by atoms with Crippen molar-refractivity contribution in [2.75, 3.05) is 5.32 Å². The minimum absolute atomic E-state index is 0.0226. The molecule has 0 aliphatic carbocycles. The highest BCUT2D eigenvalue weighted by Crippen LogP contribution is 2.26. The maximum atomic E-state index is 13.8. The van der Waals surface area contributed by atoms with Gasteiger partial charge in [-0.25, -0.2) is 14.2 Å². The number of anilines is 1. The topological polar surface area (TPSA) is 92.3 Å². The standard InChI is InChI=1S/C24H23FN4O3/c1-15(17-6-8-20-18(13-17)7-9-22(30)29-20)28-24(31)27-14-16-10-11-26-23(12-16)32-21-5-3-2-4-19(21)25/h2-6,8,10-13,15H,7,9,14H2,1H3,(H,29,30)(H2,27,28,31). The molecule has 3 N–H and O–H groups in total. The Kier molecular flexibility index (Phi) is 6.30. The molecule has 0 spiro atoms. The maximum Gasteiger partial charge on any atom is 0.315 e. The van der Waals surface area contributed by atoms with E-state index in [0.29, 0.717) is 12.8 Å². The first-order chi connectivity index (χ1) is 15.5. The summed E-state index contributed by atoms with van der Waals surface area (Å²) < 4.78 is 19.3. The molecular weight excluding hydrogens is 411 g/mol. The van der Waals surface area contributed by atoms with Gasteiger partial charge in [-0.3, -0.25) is 4.79 Å². The number of halogens is 1. The van der Waals surface area contributed by atoms with Crippen LogP contribution < -0.4 is 20.7 Å². The third kappa shape index (κ3) is 5.21. The zero-order valence-corrected chi connectivity index (χ0v) is 17.5. The van der Waals surface area contributed by atoms with Gasteiger partial charge in [-0.2, -0.15) is 0 Å². The summed E-state index contributed by atoms with van der Waals surface area (Å²) in [7, 11) is 0. The van der Waals surface area contributed by atoms with Gasteiger partial charge in [-0.1, -0.05) is 24.3 Å². The Bertz CT molecular complexity index is 1150. The second kappa shape index (κ2) is 9.47. The Morgan fingerprint density at radius 2 is 2.03 bits per heavy atom. The number of urea groups is 1. The van der Waals surface area contributed by atoms with E-state index in [9.17, 15) is 14.0 Å². The molecule has 1 unspecified atom stereocenters. The Morgan fingerprint density at radius 1 is 1.19 bits per heavy atom. The second-order valence-electron chi connectivity index (χ2n) is 7.55. The highest BCUT2D eigenvalue weighted by molar-refractivity contribution is 5.93. The van der Waals surface area contributed by atoms with Crippen LogP contribution >= 0.6 is 0 Å². The van der Waals surface area contributed by atoms with Crippen molar-refractivity contribution in [1.29, 1.82) is 0 Å². The van der Waals surface area contributed by atoms with Crippen molar-refractivity contribution in [3.63, 3.8) is 0 Å². The lowest BCUT2D eigenvalue weighted by atomic mass is 9.98. The number of hydrogen-bond acceptors (Lipinski definition) is 4. The molecule has 1 aromatic heterocycles. The van der Waals surface area contributed by atoms with Crippen molar-refractivity contribution in [2.45, 2.75) is 32.4 Å². The quantitative estimate of drug-likeness (QED) is 0.534. The summed E-state index contributed by atoms with van der Waals surface area (Å²) in [6, 6.07) is 14.7. The van der Waals surface area contributed by atoms with Crippen LogP contribution in [0.4, 0.5) is 14.9 Å². The van der Waals surface area contributed by atoms with E-state index in [4.69, 9.17) is 4.74 Å². The molecule has 0 fully saturated rings. The van der Waals surface area contributed by atoms with Gasteiger partial charge in [0.1, 0.15) is 0 Å². The lowest BCUT2D eigenvalue weighted by Gasteiger charge is -2.20. The van der Waals surface area contributed by atoms with Crippen LogP contribution in [-0.2, 0) is 17.8 Å². The Balaban J connectivity index is 1.32. The predicted octanol–water partition coefficient (Wildman–Crippen LogP) is 4.46. The number of rotatable bonds is 6. The minimum Gasteiger partial charge on any atom is -0.436 e. The molecule has 1 atom stereocenters. The van der Waals surface area contributed by atoms with E-state index in [1.165, 1.54) is 12.1 Å². The van der Waals surface area contributed by atoms with E-state index in [0.717, 1.165) is 22.4 Å². The number of fused-ring (bicyclic) bond motifs is 1. The number of carbonyl (C=O) groups excluding carboxylic acids is 2. The summed E-state index contributed by atoms with van der Waals surface area (Å²) in [6.07, 6.45) is 2.69. The fourth-order valence-corrected chi connectivity index (χ4v) is 3.44. The molecular formula is C24H23FN4O3. The van der Waals surface area contributed by atoms with Crippen LogP contribution in [-0.4, -0.2) is 16.9 Å². The van der Waals surface area contributed by atoms with E-state index >= 15 is 0 Å². The second-order valence-corrected chi connectivity index (χ2v) is 7.55. The fourth-order valence-electron chi connectivity index (χ4n) is 3.44. The number of hydrogen-bond donors (Lipinski definition) is 3. The molecule has 0 bridgehead atoms. The van der Waals surface area contributed by atoms with Gasteiger partial charge in [0.25, 0.3) is 0 Å². The molecule has 1 aliphatic heterocycles. The maximum absolute atomic E-state index is 13.8. The summed E-state index contributed by atoms with van der Waals surface area (Å²) in [4.78, 5) is 28.0. The SMILES string of the molecule is CC(NC(=O)NCc1ccnc(Oc2ccccc2F)c1)c1ccc2c(c1)CCC(=O)N2. The first-order valence-electron chi connectivity index (χ1n) is 10.3. The number of nitrogens with zero attached hydrogens (tertiary/aromatic N) is 1. The van der Waals surface area contributed by atoms with Crippen LogP contribution in [0.15, 0.2) is 60.8 Å².